The van der Waals surface area contributed by atoms with Gasteiger partial charge in [0.25, 0.3) is 0 Å². The monoisotopic (exact) mass is 344 g/mol. The number of hydrogen-bond donors (Lipinski definition) is 1. The van der Waals surface area contributed by atoms with Crippen molar-refractivity contribution in [2.75, 3.05) is 19.6 Å². The molecular formula is C17H24N6O2. The van der Waals surface area contributed by atoms with Gasteiger partial charge in [-0.15, -0.1) is 0 Å². The molecule has 3 heterocycles. The number of piperidine rings is 1. The number of rotatable bonds is 6. The van der Waals surface area contributed by atoms with Gasteiger partial charge in [-0.25, -0.2) is 9.78 Å². The van der Waals surface area contributed by atoms with E-state index in [1.54, 1.807) is 17.1 Å². The summed E-state index contributed by atoms with van der Waals surface area (Å²) in [7, 11) is 1.85. The van der Waals surface area contributed by atoms with E-state index in [9.17, 15) is 4.79 Å². The lowest BCUT2D eigenvalue weighted by atomic mass is 10.1. The van der Waals surface area contributed by atoms with Gasteiger partial charge in [0.05, 0.1) is 12.7 Å². The highest BCUT2D eigenvalue weighted by molar-refractivity contribution is 5.74. The first kappa shape index (κ1) is 17.3. The fraction of sp³-hybridized carbons (Fsp3) is 0.529. The Morgan fingerprint density at radius 2 is 2.40 bits per heavy atom. The quantitative estimate of drug-likeness (QED) is 0.849. The van der Waals surface area contributed by atoms with Gasteiger partial charge >= 0.3 is 6.03 Å². The van der Waals surface area contributed by atoms with Gasteiger partial charge in [-0.3, -0.25) is 9.67 Å². The molecular weight excluding hydrogens is 320 g/mol. The number of likely N-dealkylation sites (tertiary alicyclic amines) is 1. The highest BCUT2D eigenvalue weighted by atomic mass is 16.5. The third-order valence-corrected chi connectivity index (χ3v) is 4.30. The largest absolute Gasteiger partial charge is 0.372 e. The van der Waals surface area contributed by atoms with Crippen molar-refractivity contribution in [3.8, 4) is 0 Å². The first-order valence-corrected chi connectivity index (χ1v) is 8.58. The third-order valence-electron chi connectivity index (χ3n) is 4.30. The molecule has 1 fully saturated rings. The Morgan fingerprint density at radius 3 is 3.16 bits per heavy atom. The van der Waals surface area contributed by atoms with Crippen LogP contribution in [-0.4, -0.2) is 56.4 Å². The van der Waals surface area contributed by atoms with Crippen molar-refractivity contribution >= 4 is 6.03 Å². The predicted molar refractivity (Wildman–Crippen MR) is 91.7 cm³/mol. The number of carbonyl (C=O) groups is 1. The van der Waals surface area contributed by atoms with Crippen LogP contribution in [0.5, 0.6) is 0 Å². The molecule has 3 rings (SSSR count). The van der Waals surface area contributed by atoms with Gasteiger partial charge in [0, 0.05) is 45.5 Å². The maximum absolute atomic E-state index is 12.3. The maximum Gasteiger partial charge on any atom is 0.317 e. The number of aromatic nitrogens is 4. The zero-order valence-electron chi connectivity index (χ0n) is 14.5. The van der Waals surface area contributed by atoms with Gasteiger partial charge < -0.3 is 15.0 Å². The molecule has 25 heavy (non-hydrogen) atoms. The second-order valence-corrected chi connectivity index (χ2v) is 6.16. The average Bonchev–Trinajstić information content (AvgIpc) is 3.06. The normalized spacial score (nSPS) is 17.5. The van der Waals surface area contributed by atoms with Gasteiger partial charge in [0.15, 0.2) is 0 Å². The van der Waals surface area contributed by atoms with Gasteiger partial charge in [0.1, 0.15) is 12.2 Å². The summed E-state index contributed by atoms with van der Waals surface area (Å²) in [5.41, 5.74) is 1.05. The summed E-state index contributed by atoms with van der Waals surface area (Å²) >= 11 is 0. The molecule has 2 aromatic rings. The number of amides is 2. The summed E-state index contributed by atoms with van der Waals surface area (Å²) in [5.74, 6) is 0.858. The van der Waals surface area contributed by atoms with Gasteiger partial charge in [-0.2, -0.15) is 5.10 Å². The molecule has 0 aromatic carbocycles. The first-order chi connectivity index (χ1) is 12.2. The number of ether oxygens (including phenoxy) is 1. The van der Waals surface area contributed by atoms with Crippen molar-refractivity contribution in [1.29, 1.82) is 0 Å². The summed E-state index contributed by atoms with van der Waals surface area (Å²) < 4.78 is 7.66. The minimum absolute atomic E-state index is 0.0446. The van der Waals surface area contributed by atoms with Gasteiger partial charge in [0.2, 0.25) is 0 Å². The van der Waals surface area contributed by atoms with Gasteiger partial charge in [-0.05, 0) is 24.5 Å². The Morgan fingerprint density at radius 1 is 1.48 bits per heavy atom. The summed E-state index contributed by atoms with van der Waals surface area (Å²) in [6.07, 6.45) is 7.73. The van der Waals surface area contributed by atoms with Crippen molar-refractivity contribution in [1.82, 2.24) is 30.0 Å². The maximum atomic E-state index is 12.3. The molecule has 1 aliphatic rings. The van der Waals surface area contributed by atoms with Crippen LogP contribution >= 0.6 is 0 Å². The van der Waals surface area contributed by atoms with E-state index in [1.165, 1.54) is 6.33 Å². The van der Waals surface area contributed by atoms with Crippen molar-refractivity contribution in [2.45, 2.75) is 32.0 Å². The van der Waals surface area contributed by atoms with Crippen LogP contribution in [0.15, 0.2) is 30.9 Å². The van der Waals surface area contributed by atoms with E-state index in [2.05, 4.69) is 20.4 Å². The minimum atomic E-state index is -0.0446. The third kappa shape index (κ3) is 4.99. The molecule has 0 bridgehead atoms. The van der Waals surface area contributed by atoms with Crippen LogP contribution in [0.1, 0.15) is 24.2 Å². The number of urea groups is 1. The molecule has 8 heteroatoms. The molecule has 1 saturated heterocycles. The zero-order valence-corrected chi connectivity index (χ0v) is 14.5. The van der Waals surface area contributed by atoms with E-state index in [-0.39, 0.29) is 12.1 Å². The highest BCUT2D eigenvalue weighted by Gasteiger charge is 2.24. The van der Waals surface area contributed by atoms with E-state index in [0.29, 0.717) is 26.1 Å². The van der Waals surface area contributed by atoms with Crippen LogP contribution in [0.2, 0.25) is 0 Å². The molecule has 1 N–H and O–H groups in total. The molecule has 2 aromatic heterocycles. The van der Waals surface area contributed by atoms with E-state index >= 15 is 0 Å². The highest BCUT2D eigenvalue weighted by Crippen LogP contribution is 2.15. The zero-order chi connectivity index (χ0) is 17.5. The van der Waals surface area contributed by atoms with E-state index in [4.69, 9.17) is 4.74 Å². The molecule has 0 unspecified atom stereocenters. The molecule has 0 radical (unpaired) electrons. The van der Waals surface area contributed by atoms with Crippen LogP contribution in [0, 0.1) is 0 Å². The first-order valence-electron chi connectivity index (χ1n) is 8.58. The van der Waals surface area contributed by atoms with Gasteiger partial charge in [-0.1, -0.05) is 6.07 Å². The molecule has 134 valence electrons. The summed E-state index contributed by atoms with van der Waals surface area (Å²) in [6, 6.07) is 3.85. The number of aryl methyl sites for hydroxylation is 1. The van der Waals surface area contributed by atoms with Crippen molar-refractivity contribution in [2.24, 2.45) is 7.05 Å². The number of hydrogen-bond acceptors (Lipinski definition) is 5. The summed E-state index contributed by atoms with van der Waals surface area (Å²) in [6.45, 7) is 2.46. The van der Waals surface area contributed by atoms with Crippen LogP contribution in [0.4, 0.5) is 4.79 Å². The molecule has 1 aliphatic heterocycles. The Hall–Kier alpha value is -2.48. The van der Waals surface area contributed by atoms with Crippen LogP contribution in [0.25, 0.3) is 0 Å². The van der Waals surface area contributed by atoms with Crippen molar-refractivity contribution < 1.29 is 9.53 Å². The summed E-state index contributed by atoms with van der Waals surface area (Å²) in [5, 5.41) is 6.97. The van der Waals surface area contributed by atoms with E-state index in [1.807, 2.05) is 24.1 Å². The average molecular weight is 344 g/mol. The second kappa shape index (κ2) is 8.57. The van der Waals surface area contributed by atoms with Crippen LogP contribution in [-0.2, 0) is 24.8 Å². The van der Waals surface area contributed by atoms with Crippen molar-refractivity contribution in [3.05, 3.63) is 42.2 Å². The fourth-order valence-electron chi connectivity index (χ4n) is 2.90. The summed E-state index contributed by atoms with van der Waals surface area (Å²) in [4.78, 5) is 22.4. The SMILES string of the molecule is Cn1ncnc1CCNC(=O)N1CCC[C@@H](OCc2cccnc2)C1. The van der Waals surface area contributed by atoms with E-state index in [0.717, 1.165) is 30.8 Å². The van der Waals surface area contributed by atoms with E-state index < -0.39 is 0 Å². The Labute approximate surface area is 147 Å². The smallest absolute Gasteiger partial charge is 0.317 e. The predicted octanol–water partition coefficient (Wildman–Crippen LogP) is 1.14. The number of nitrogens with zero attached hydrogens (tertiary/aromatic N) is 5. The van der Waals surface area contributed by atoms with Crippen LogP contribution < -0.4 is 5.32 Å². The number of pyridine rings is 1. The molecule has 8 nitrogen and oxygen atoms in total. The molecule has 0 spiro atoms. The Balaban J connectivity index is 1.41. The second-order valence-electron chi connectivity index (χ2n) is 6.16. The molecule has 0 saturated carbocycles. The van der Waals surface area contributed by atoms with Crippen molar-refractivity contribution in [3.63, 3.8) is 0 Å². The number of nitrogens with one attached hydrogen (secondary N) is 1. The molecule has 0 aliphatic carbocycles. The molecule has 2 amide bonds. The lowest BCUT2D eigenvalue weighted by Crippen LogP contribution is -2.48. The Kier molecular flexibility index (Phi) is 5.95. The minimum Gasteiger partial charge on any atom is -0.372 e. The Bertz CT molecular complexity index is 675. The van der Waals surface area contributed by atoms with Crippen LogP contribution in [0.3, 0.4) is 0 Å². The topological polar surface area (TPSA) is 85.2 Å². The lowest BCUT2D eigenvalue weighted by Gasteiger charge is -2.32. The molecule has 1 atom stereocenters. The number of carbonyl (C=O) groups excluding carboxylic acids is 1. The fourth-order valence-corrected chi connectivity index (χ4v) is 2.90. The standard InChI is InChI=1S/C17H24N6O2/c1-22-16(20-13-21-22)6-8-19-17(24)23-9-3-5-15(11-23)25-12-14-4-2-7-18-10-14/h2,4,7,10,13,15H,3,5-6,8-9,11-12H2,1H3,(H,19,24)/t15-/m1/s1. The lowest BCUT2D eigenvalue weighted by molar-refractivity contribution is -0.000405.